The summed E-state index contributed by atoms with van der Waals surface area (Å²) in [6, 6.07) is 11.3. The van der Waals surface area contributed by atoms with E-state index in [0.29, 0.717) is 0 Å². The Morgan fingerprint density at radius 2 is 1.61 bits per heavy atom. The molecule has 9 heteroatoms. The van der Waals surface area contributed by atoms with Crippen LogP contribution in [0.3, 0.4) is 0 Å². The monoisotopic (exact) mass is 406 g/mol. The zero-order chi connectivity index (χ0) is 21.1. The van der Waals surface area contributed by atoms with Crippen LogP contribution in [0.15, 0.2) is 53.4 Å². The first-order valence-electron chi connectivity index (χ1n) is 8.33. The molecule has 0 saturated carbocycles. The highest BCUT2D eigenvalue weighted by Crippen LogP contribution is 2.30. The number of nitrogens with one attached hydrogen (secondary N) is 1. The summed E-state index contributed by atoms with van der Waals surface area (Å²) in [4.78, 5) is 22.9. The summed E-state index contributed by atoms with van der Waals surface area (Å²) in [5, 5.41) is 11.5. The van der Waals surface area contributed by atoms with Crippen molar-refractivity contribution in [2.75, 3.05) is 16.7 Å². The number of carboxylic acid groups (broad SMARTS) is 1. The van der Waals surface area contributed by atoms with Gasteiger partial charge in [0.2, 0.25) is 0 Å². The molecule has 0 radical (unpaired) electrons. The number of nitrogens with zero attached hydrogens (tertiary/aromatic N) is 1. The Morgan fingerprint density at radius 1 is 1.04 bits per heavy atom. The summed E-state index contributed by atoms with van der Waals surface area (Å²) in [6.07, 6.45) is -0.712. The van der Waals surface area contributed by atoms with Crippen LogP contribution in [0.25, 0.3) is 0 Å². The first kappa shape index (κ1) is 21.2. The molecule has 8 nitrogen and oxygen atoms in total. The number of ether oxygens (including phenoxy) is 1. The highest BCUT2D eigenvalue weighted by molar-refractivity contribution is 7.92. The first-order chi connectivity index (χ1) is 12.9. The smallest absolute Gasteiger partial charge is 0.412 e. The van der Waals surface area contributed by atoms with Gasteiger partial charge in [0, 0.05) is 7.05 Å². The molecule has 0 atom stereocenters. The maximum absolute atomic E-state index is 12.9. The molecule has 2 aromatic carbocycles. The van der Waals surface area contributed by atoms with E-state index in [1.54, 1.807) is 39.0 Å². The predicted octanol–water partition coefficient (Wildman–Crippen LogP) is 3.56. The van der Waals surface area contributed by atoms with E-state index in [9.17, 15) is 18.0 Å². The molecule has 28 heavy (non-hydrogen) atoms. The SMILES string of the molecule is CN(c1ccccc1NC(=O)OC(C)(C)C)S(=O)(=O)c1ccc(C(=O)O)cc1. The fourth-order valence-electron chi connectivity index (χ4n) is 2.32. The number of anilines is 2. The second kappa shape index (κ2) is 7.89. The van der Waals surface area contributed by atoms with Gasteiger partial charge < -0.3 is 9.84 Å². The van der Waals surface area contributed by atoms with E-state index in [-0.39, 0.29) is 21.8 Å². The van der Waals surface area contributed by atoms with E-state index in [2.05, 4.69) is 5.32 Å². The van der Waals surface area contributed by atoms with Crippen LogP contribution in [-0.4, -0.2) is 38.2 Å². The topological polar surface area (TPSA) is 113 Å². The molecular formula is C19H22N2O6S. The summed E-state index contributed by atoms with van der Waals surface area (Å²) < 4.78 is 32.0. The number of amides is 1. The molecule has 2 N–H and O–H groups in total. The van der Waals surface area contributed by atoms with Gasteiger partial charge in [-0.05, 0) is 57.2 Å². The van der Waals surface area contributed by atoms with Crippen LogP contribution in [0.5, 0.6) is 0 Å². The van der Waals surface area contributed by atoms with Crippen molar-refractivity contribution in [2.45, 2.75) is 31.3 Å². The van der Waals surface area contributed by atoms with Crippen LogP contribution in [0, 0.1) is 0 Å². The molecule has 0 saturated heterocycles. The van der Waals surface area contributed by atoms with E-state index in [1.807, 2.05) is 0 Å². The number of hydrogen-bond donors (Lipinski definition) is 2. The largest absolute Gasteiger partial charge is 0.478 e. The number of benzene rings is 2. The van der Waals surface area contributed by atoms with Crippen molar-refractivity contribution in [2.24, 2.45) is 0 Å². The quantitative estimate of drug-likeness (QED) is 0.785. The normalized spacial score (nSPS) is 11.6. The molecule has 150 valence electrons. The Hall–Kier alpha value is -3.07. The summed E-state index contributed by atoms with van der Waals surface area (Å²) in [6.45, 7) is 5.15. The third-order valence-corrected chi connectivity index (χ3v) is 5.42. The number of carboxylic acids is 1. The Bertz CT molecular complexity index is 978. The highest BCUT2D eigenvalue weighted by atomic mass is 32.2. The molecule has 2 rings (SSSR count). The minimum absolute atomic E-state index is 0.0198. The van der Waals surface area contributed by atoms with Crippen molar-refractivity contribution < 1.29 is 27.9 Å². The molecule has 0 aliphatic heterocycles. The van der Waals surface area contributed by atoms with Crippen molar-refractivity contribution in [1.29, 1.82) is 0 Å². The van der Waals surface area contributed by atoms with Gasteiger partial charge in [0.05, 0.1) is 21.8 Å². The molecule has 1 amide bonds. The van der Waals surface area contributed by atoms with Crippen LogP contribution in [0.4, 0.5) is 16.2 Å². The third-order valence-electron chi connectivity index (χ3n) is 3.64. The van der Waals surface area contributed by atoms with Crippen LogP contribution < -0.4 is 9.62 Å². The average molecular weight is 406 g/mol. The lowest BCUT2D eigenvalue weighted by Gasteiger charge is -2.24. The van der Waals surface area contributed by atoms with Crippen molar-refractivity contribution in [3.05, 3.63) is 54.1 Å². The molecule has 0 heterocycles. The number of hydrogen-bond acceptors (Lipinski definition) is 5. The van der Waals surface area contributed by atoms with Crippen LogP contribution in [0.1, 0.15) is 31.1 Å². The first-order valence-corrected chi connectivity index (χ1v) is 9.77. The maximum Gasteiger partial charge on any atom is 0.412 e. The van der Waals surface area contributed by atoms with Gasteiger partial charge in [0.25, 0.3) is 10.0 Å². The van der Waals surface area contributed by atoms with E-state index in [4.69, 9.17) is 9.84 Å². The minimum Gasteiger partial charge on any atom is -0.478 e. The number of carbonyl (C=O) groups is 2. The predicted molar refractivity (Wildman–Crippen MR) is 105 cm³/mol. The molecule has 0 aliphatic rings. The summed E-state index contributed by atoms with van der Waals surface area (Å²) in [7, 11) is -2.64. The summed E-state index contributed by atoms with van der Waals surface area (Å²) >= 11 is 0. The van der Waals surface area contributed by atoms with E-state index in [0.717, 1.165) is 4.31 Å². The lowest BCUT2D eigenvalue weighted by molar-refractivity contribution is 0.0634. The second-order valence-corrected chi connectivity index (χ2v) is 8.92. The molecule has 2 aromatic rings. The van der Waals surface area contributed by atoms with Gasteiger partial charge in [0.15, 0.2) is 0 Å². The lowest BCUT2D eigenvalue weighted by Crippen LogP contribution is -2.30. The zero-order valence-electron chi connectivity index (χ0n) is 16.0. The molecule has 0 spiro atoms. The fraction of sp³-hybridized carbons (Fsp3) is 0.263. The van der Waals surface area contributed by atoms with Gasteiger partial charge in [-0.1, -0.05) is 12.1 Å². The molecule has 0 aromatic heterocycles. The van der Waals surface area contributed by atoms with Gasteiger partial charge in [-0.15, -0.1) is 0 Å². The Kier molecular flexibility index (Phi) is 5.98. The minimum atomic E-state index is -3.98. The Morgan fingerprint density at radius 3 is 2.14 bits per heavy atom. The Labute approximate surface area is 163 Å². The second-order valence-electron chi connectivity index (χ2n) is 6.95. The van der Waals surface area contributed by atoms with E-state index in [1.165, 1.54) is 37.4 Å². The lowest BCUT2D eigenvalue weighted by atomic mass is 10.2. The van der Waals surface area contributed by atoms with Crippen molar-refractivity contribution in [3.63, 3.8) is 0 Å². The van der Waals surface area contributed by atoms with Crippen LogP contribution >= 0.6 is 0 Å². The fourth-order valence-corrected chi connectivity index (χ4v) is 3.54. The molecule has 0 fully saturated rings. The molecule has 0 bridgehead atoms. The van der Waals surface area contributed by atoms with E-state index >= 15 is 0 Å². The Balaban J connectivity index is 2.34. The van der Waals surface area contributed by atoms with Crippen molar-refractivity contribution >= 4 is 33.5 Å². The number of para-hydroxylation sites is 2. The van der Waals surface area contributed by atoms with Gasteiger partial charge in [-0.3, -0.25) is 9.62 Å². The van der Waals surface area contributed by atoms with Crippen molar-refractivity contribution in [1.82, 2.24) is 0 Å². The standard InChI is InChI=1S/C19H22N2O6S/c1-19(2,3)27-18(24)20-15-7-5-6-8-16(15)21(4)28(25,26)14-11-9-13(10-12-14)17(22)23/h5-12H,1-4H3,(H,20,24)(H,22,23). The zero-order valence-corrected chi connectivity index (χ0v) is 16.8. The maximum atomic E-state index is 12.9. The molecule has 0 aliphatic carbocycles. The third kappa shape index (κ3) is 5.01. The van der Waals surface area contributed by atoms with Gasteiger partial charge in [-0.2, -0.15) is 0 Å². The molecular weight excluding hydrogens is 384 g/mol. The van der Waals surface area contributed by atoms with Gasteiger partial charge in [0.1, 0.15) is 5.60 Å². The number of sulfonamides is 1. The number of aromatic carboxylic acids is 1. The van der Waals surface area contributed by atoms with Crippen LogP contribution in [0.2, 0.25) is 0 Å². The summed E-state index contributed by atoms with van der Waals surface area (Å²) in [5.41, 5.74) is -0.239. The van der Waals surface area contributed by atoms with Crippen LogP contribution in [-0.2, 0) is 14.8 Å². The van der Waals surface area contributed by atoms with Gasteiger partial charge in [-0.25, -0.2) is 18.0 Å². The van der Waals surface area contributed by atoms with Gasteiger partial charge >= 0.3 is 12.1 Å². The number of carbonyl (C=O) groups excluding carboxylic acids is 1. The average Bonchev–Trinajstić information content (AvgIpc) is 2.60. The number of rotatable bonds is 5. The molecule has 0 unspecified atom stereocenters. The summed E-state index contributed by atoms with van der Waals surface area (Å²) in [5.74, 6) is -1.15. The van der Waals surface area contributed by atoms with E-state index < -0.39 is 27.7 Å². The van der Waals surface area contributed by atoms with Crippen molar-refractivity contribution in [3.8, 4) is 0 Å². The highest BCUT2D eigenvalue weighted by Gasteiger charge is 2.25.